The molecule has 5 heteroatoms. The third-order valence-corrected chi connectivity index (χ3v) is 2.77. The van der Waals surface area contributed by atoms with E-state index in [9.17, 15) is 9.59 Å². The maximum atomic E-state index is 11.8. The molecule has 1 aliphatic heterocycles. The summed E-state index contributed by atoms with van der Waals surface area (Å²) in [5.41, 5.74) is 1.43. The van der Waals surface area contributed by atoms with E-state index in [0.717, 1.165) is 5.69 Å². The molecule has 1 aromatic rings. The summed E-state index contributed by atoms with van der Waals surface area (Å²) in [6, 6.07) is 3.57. The average Bonchev–Trinajstić information content (AvgIpc) is 2.33. The van der Waals surface area contributed by atoms with Gasteiger partial charge in [0.1, 0.15) is 0 Å². The molecule has 2 amide bonds. The molecule has 90 valence electrons. The number of hydrogen-bond donors (Lipinski definition) is 2. The van der Waals surface area contributed by atoms with E-state index in [1.165, 1.54) is 0 Å². The highest BCUT2D eigenvalue weighted by atomic mass is 16.2. The van der Waals surface area contributed by atoms with Crippen molar-refractivity contribution in [2.24, 2.45) is 0 Å². The predicted octanol–water partition coefficient (Wildman–Crippen LogP) is 0.398. The molecule has 0 saturated carbocycles. The van der Waals surface area contributed by atoms with E-state index in [4.69, 9.17) is 0 Å². The standard InChI is InChI=1S/C12H15N3O2/c1-8-2-3-9(6-13-8)12(17)15-10-4-5-11(16)14-7-10/h2-3,6,10H,4-5,7H2,1H3,(H,14,16)(H,15,17). The number of hydrogen-bond acceptors (Lipinski definition) is 3. The van der Waals surface area contributed by atoms with Crippen LogP contribution in [0.2, 0.25) is 0 Å². The molecule has 0 bridgehead atoms. The van der Waals surface area contributed by atoms with Crippen molar-refractivity contribution < 1.29 is 9.59 Å². The van der Waals surface area contributed by atoms with Gasteiger partial charge >= 0.3 is 0 Å². The molecule has 0 aliphatic carbocycles. The fourth-order valence-electron chi connectivity index (χ4n) is 1.73. The quantitative estimate of drug-likeness (QED) is 0.776. The monoisotopic (exact) mass is 233 g/mol. The first kappa shape index (κ1) is 11.6. The summed E-state index contributed by atoms with van der Waals surface area (Å²) in [4.78, 5) is 26.9. The Balaban J connectivity index is 1.93. The van der Waals surface area contributed by atoms with E-state index in [1.54, 1.807) is 18.3 Å². The molecule has 2 heterocycles. The van der Waals surface area contributed by atoms with Crippen LogP contribution in [0.15, 0.2) is 18.3 Å². The average molecular weight is 233 g/mol. The number of carbonyl (C=O) groups excluding carboxylic acids is 2. The number of piperidine rings is 1. The number of rotatable bonds is 2. The molecular weight excluding hydrogens is 218 g/mol. The molecule has 17 heavy (non-hydrogen) atoms. The Kier molecular flexibility index (Phi) is 3.37. The topological polar surface area (TPSA) is 71.1 Å². The van der Waals surface area contributed by atoms with Crippen molar-refractivity contribution in [1.82, 2.24) is 15.6 Å². The van der Waals surface area contributed by atoms with Gasteiger partial charge in [-0.25, -0.2) is 0 Å². The fraction of sp³-hybridized carbons (Fsp3) is 0.417. The van der Waals surface area contributed by atoms with Crippen LogP contribution in [0.3, 0.4) is 0 Å². The smallest absolute Gasteiger partial charge is 0.253 e. The van der Waals surface area contributed by atoms with Gasteiger partial charge < -0.3 is 10.6 Å². The zero-order valence-electron chi connectivity index (χ0n) is 9.69. The summed E-state index contributed by atoms with van der Waals surface area (Å²) in [7, 11) is 0. The minimum absolute atomic E-state index is 0.0153. The van der Waals surface area contributed by atoms with Crippen LogP contribution >= 0.6 is 0 Å². The minimum atomic E-state index is -0.140. The molecule has 2 rings (SSSR count). The summed E-state index contributed by atoms with van der Waals surface area (Å²) < 4.78 is 0. The van der Waals surface area contributed by atoms with Crippen LogP contribution in [0.25, 0.3) is 0 Å². The van der Waals surface area contributed by atoms with Crippen LogP contribution in [0.5, 0.6) is 0 Å². The minimum Gasteiger partial charge on any atom is -0.354 e. The number of aryl methyl sites for hydroxylation is 1. The van der Waals surface area contributed by atoms with Gasteiger partial charge in [0.05, 0.1) is 5.56 Å². The summed E-state index contributed by atoms with van der Waals surface area (Å²) in [5, 5.41) is 5.61. The number of aromatic nitrogens is 1. The summed E-state index contributed by atoms with van der Waals surface area (Å²) in [6.07, 6.45) is 2.72. The lowest BCUT2D eigenvalue weighted by molar-refractivity contribution is -0.122. The van der Waals surface area contributed by atoms with Gasteiger partial charge in [0, 0.05) is 30.9 Å². The zero-order valence-corrected chi connectivity index (χ0v) is 9.69. The van der Waals surface area contributed by atoms with Crippen LogP contribution in [0.1, 0.15) is 28.9 Å². The number of pyridine rings is 1. The lowest BCUT2D eigenvalue weighted by Crippen LogP contribution is -2.47. The van der Waals surface area contributed by atoms with Gasteiger partial charge in [-0.1, -0.05) is 0 Å². The Labute approximate surface area is 99.6 Å². The van der Waals surface area contributed by atoms with E-state index in [2.05, 4.69) is 15.6 Å². The summed E-state index contributed by atoms with van der Waals surface area (Å²) in [6.45, 7) is 2.38. The largest absolute Gasteiger partial charge is 0.354 e. The van der Waals surface area contributed by atoms with Gasteiger partial charge in [-0.2, -0.15) is 0 Å². The first-order chi connectivity index (χ1) is 8.15. The number of nitrogens with zero attached hydrogens (tertiary/aromatic N) is 1. The fourth-order valence-corrected chi connectivity index (χ4v) is 1.73. The van der Waals surface area contributed by atoms with Gasteiger partial charge in [-0.15, -0.1) is 0 Å². The van der Waals surface area contributed by atoms with Gasteiger partial charge in [-0.05, 0) is 25.5 Å². The Bertz CT molecular complexity index is 418. The highest BCUT2D eigenvalue weighted by Crippen LogP contribution is 2.05. The Morgan fingerprint density at radius 1 is 1.53 bits per heavy atom. The van der Waals surface area contributed by atoms with E-state index in [1.807, 2.05) is 6.92 Å². The highest BCUT2D eigenvalue weighted by Gasteiger charge is 2.20. The molecule has 5 nitrogen and oxygen atoms in total. The van der Waals surface area contributed by atoms with Crippen molar-refractivity contribution in [1.29, 1.82) is 0 Å². The SMILES string of the molecule is Cc1ccc(C(=O)NC2CCC(=O)NC2)cn1. The number of amides is 2. The zero-order chi connectivity index (χ0) is 12.3. The van der Waals surface area contributed by atoms with Gasteiger partial charge in [0.15, 0.2) is 0 Å². The molecule has 1 unspecified atom stereocenters. The van der Waals surface area contributed by atoms with Gasteiger partial charge in [0.25, 0.3) is 5.91 Å². The molecular formula is C12H15N3O2. The van der Waals surface area contributed by atoms with E-state index in [0.29, 0.717) is 24.9 Å². The Morgan fingerprint density at radius 3 is 2.94 bits per heavy atom. The molecule has 0 aromatic carbocycles. The van der Waals surface area contributed by atoms with Crippen molar-refractivity contribution in [2.45, 2.75) is 25.8 Å². The van der Waals surface area contributed by atoms with Crippen LogP contribution in [-0.2, 0) is 4.79 Å². The molecule has 1 fully saturated rings. The third-order valence-electron chi connectivity index (χ3n) is 2.77. The first-order valence-corrected chi connectivity index (χ1v) is 5.65. The van der Waals surface area contributed by atoms with Gasteiger partial charge in [-0.3, -0.25) is 14.6 Å². The molecule has 1 saturated heterocycles. The first-order valence-electron chi connectivity index (χ1n) is 5.65. The molecule has 0 radical (unpaired) electrons. The number of nitrogens with one attached hydrogen (secondary N) is 2. The second kappa shape index (κ2) is 4.95. The predicted molar refractivity (Wildman–Crippen MR) is 62.5 cm³/mol. The molecule has 1 aromatic heterocycles. The molecule has 0 spiro atoms. The third kappa shape index (κ3) is 3.03. The van der Waals surface area contributed by atoms with Crippen molar-refractivity contribution in [3.05, 3.63) is 29.6 Å². The lowest BCUT2D eigenvalue weighted by Gasteiger charge is -2.23. The van der Waals surface area contributed by atoms with E-state index < -0.39 is 0 Å². The van der Waals surface area contributed by atoms with Gasteiger partial charge in [0.2, 0.25) is 5.91 Å². The van der Waals surface area contributed by atoms with E-state index >= 15 is 0 Å². The van der Waals surface area contributed by atoms with Crippen molar-refractivity contribution in [2.75, 3.05) is 6.54 Å². The van der Waals surface area contributed by atoms with Crippen molar-refractivity contribution >= 4 is 11.8 Å². The van der Waals surface area contributed by atoms with Crippen molar-refractivity contribution in [3.63, 3.8) is 0 Å². The molecule has 2 N–H and O–H groups in total. The Hall–Kier alpha value is -1.91. The highest BCUT2D eigenvalue weighted by molar-refractivity contribution is 5.94. The second-order valence-corrected chi connectivity index (χ2v) is 4.20. The summed E-state index contributed by atoms with van der Waals surface area (Å²) in [5.74, 6) is -0.0915. The van der Waals surface area contributed by atoms with Crippen LogP contribution in [0.4, 0.5) is 0 Å². The van der Waals surface area contributed by atoms with E-state index in [-0.39, 0.29) is 17.9 Å². The lowest BCUT2D eigenvalue weighted by atomic mass is 10.1. The van der Waals surface area contributed by atoms with Crippen LogP contribution < -0.4 is 10.6 Å². The maximum absolute atomic E-state index is 11.8. The normalized spacial score (nSPS) is 19.6. The Morgan fingerprint density at radius 2 is 2.35 bits per heavy atom. The maximum Gasteiger partial charge on any atom is 0.253 e. The van der Waals surface area contributed by atoms with Crippen LogP contribution in [-0.4, -0.2) is 29.4 Å². The molecule has 1 atom stereocenters. The summed E-state index contributed by atoms with van der Waals surface area (Å²) >= 11 is 0. The number of carbonyl (C=O) groups is 2. The van der Waals surface area contributed by atoms with Crippen LogP contribution in [0, 0.1) is 6.92 Å². The molecule has 1 aliphatic rings. The van der Waals surface area contributed by atoms with Crippen molar-refractivity contribution in [3.8, 4) is 0 Å². The second-order valence-electron chi connectivity index (χ2n) is 4.20.